The number of H-pyrrole nitrogens is 1. The molecule has 1 N–H and O–H groups in total. The first kappa shape index (κ1) is 14.1. The monoisotopic (exact) mass is 310 g/mol. The number of nitrogens with zero attached hydrogens (tertiary/aromatic N) is 1. The zero-order valence-electron chi connectivity index (χ0n) is 11.4. The Morgan fingerprint density at radius 1 is 1.30 bits per heavy atom. The molecule has 2 aromatic rings. The predicted octanol–water partition coefficient (Wildman–Crippen LogP) is 4.70. The van der Waals surface area contributed by atoms with Crippen molar-refractivity contribution in [2.45, 2.75) is 44.8 Å². The molecular weight excluding hydrogens is 292 g/mol. The van der Waals surface area contributed by atoms with E-state index in [1.165, 1.54) is 32.1 Å². The molecule has 0 spiro atoms. The molecule has 1 fully saturated rings. The minimum absolute atomic E-state index is 0.437. The average molecular weight is 311 g/mol. The van der Waals surface area contributed by atoms with Gasteiger partial charge in [0.15, 0.2) is 4.77 Å². The van der Waals surface area contributed by atoms with Gasteiger partial charge in [-0.15, -0.1) is 0 Å². The molecule has 0 unspecified atom stereocenters. The molecule has 0 bridgehead atoms. The van der Waals surface area contributed by atoms with Gasteiger partial charge in [0.2, 0.25) is 0 Å². The van der Waals surface area contributed by atoms with Crippen LogP contribution in [0.1, 0.15) is 32.1 Å². The number of aromatic amines is 1. The van der Waals surface area contributed by atoms with Crippen LogP contribution in [-0.4, -0.2) is 22.3 Å². The minimum Gasteiger partial charge on any atom is -0.376 e. The number of benzene rings is 1. The van der Waals surface area contributed by atoms with E-state index in [1.54, 1.807) is 0 Å². The van der Waals surface area contributed by atoms with Gasteiger partial charge in [0.1, 0.15) is 0 Å². The maximum absolute atomic E-state index is 6.18. The molecule has 20 heavy (non-hydrogen) atoms. The zero-order valence-corrected chi connectivity index (χ0v) is 13.0. The number of halogens is 1. The first-order valence-corrected chi connectivity index (χ1v) is 8.03. The molecule has 1 aromatic carbocycles. The Morgan fingerprint density at radius 2 is 2.10 bits per heavy atom. The van der Waals surface area contributed by atoms with E-state index in [-0.39, 0.29) is 0 Å². The molecular formula is C15H19ClN2OS. The summed E-state index contributed by atoms with van der Waals surface area (Å²) in [6.45, 7) is 1.48. The normalized spacial score (nSPS) is 16.9. The predicted molar refractivity (Wildman–Crippen MR) is 85.0 cm³/mol. The number of imidazole rings is 1. The van der Waals surface area contributed by atoms with Crippen LogP contribution in [0.5, 0.6) is 0 Å². The van der Waals surface area contributed by atoms with Crippen molar-refractivity contribution in [3.63, 3.8) is 0 Å². The molecule has 0 amide bonds. The maximum Gasteiger partial charge on any atom is 0.178 e. The van der Waals surface area contributed by atoms with Gasteiger partial charge < -0.3 is 14.3 Å². The van der Waals surface area contributed by atoms with E-state index in [0.29, 0.717) is 22.5 Å². The Hall–Kier alpha value is -0.840. The van der Waals surface area contributed by atoms with Crippen LogP contribution in [0.3, 0.4) is 0 Å². The first-order valence-electron chi connectivity index (χ1n) is 7.24. The largest absolute Gasteiger partial charge is 0.376 e. The number of ether oxygens (including phenoxy) is 1. The second-order valence-corrected chi connectivity index (χ2v) is 6.14. The minimum atomic E-state index is 0.437. The van der Waals surface area contributed by atoms with Gasteiger partial charge in [0.05, 0.1) is 28.8 Å². The number of fused-ring (bicyclic) bond motifs is 1. The highest BCUT2D eigenvalue weighted by molar-refractivity contribution is 7.71. The summed E-state index contributed by atoms with van der Waals surface area (Å²) in [6.07, 6.45) is 6.79. The molecule has 1 aliphatic carbocycles. The zero-order chi connectivity index (χ0) is 13.9. The summed E-state index contributed by atoms with van der Waals surface area (Å²) < 4.78 is 8.75. The number of rotatable bonds is 4. The highest BCUT2D eigenvalue weighted by Crippen LogP contribution is 2.23. The van der Waals surface area contributed by atoms with Crippen molar-refractivity contribution in [1.82, 2.24) is 9.55 Å². The number of nitrogens with one attached hydrogen (secondary N) is 1. The summed E-state index contributed by atoms with van der Waals surface area (Å²) in [4.78, 5) is 3.17. The fourth-order valence-corrected chi connectivity index (χ4v) is 3.42. The number of hydrogen-bond donors (Lipinski definition) is 1. The Morgan fingerprint density at radius 3 is 2.90 bits per heavy atom. The molecule has 1 heterocycles. The molecule has 3 rings (SSSR count). The highest BCUT2D eigenvalue weighted by Gasteiger charge is 2.14. The van der Waals surface area contributed by atoms with Crippen LogP contribution in [-0.2, 0) is 11.3 Å². The molecule has 1 saturated carbocycles. The maximum atomic E-state index is 6.18. The molecule has 1 aliphatic rings. The van der Waals surface area contributed by atoms with Crippen molar-refractivity contribution in [1.29, 1.82) is 0 Å². The second kappa shape index (κ2) is 6.29. The molecule has 0 aliphatic heterocycles. The molecule has 0 saturated heterocycles. The molecule has 1 aromatic heterocycles. The van der Waals surface area contributed by atoms with E-state index in [2.05, 4.69) is 9.55 Å². The lowest BCUT2D eigenvalue weighted by Gasteiger charge is -2.22. The van der Waals surface area contributed by atoms with E-state index >= 15 is 0 Å². The van der Waals surface area contributed by atoms with Crippen LogP contribution in [0.15, 0.2) is 18.2 Å². The van der Waals surface area contributed by atoms with Gasteiger partial charge in [-0.2, -0.15) is 0 Å². The van der Waals surface area contributed by atoms with Gasteiger partial charge in [-0.3, -0.25) is 0 Å². The van der Waals surface area contributed by atoms with Crippen LogP contribution in [0.25, 0.3) is 11.0 Å². The summed E-state index contributed by atoms with van der Waals surface area (Å²) in [5.74, 6) is 0. The number of para-hydroxylation sites is 1. The standard InChI is InChI=1S/C15H19ClN2OS/c16-12-7-4-8-13-14(12)17-15(20)18(13)9-10-19-11-5-2-1-3-6-11/h4,7-8,11H,1-3,5-6,9-10H2,(H,17,20). The van der Waals surface area contributed by atoms with Crippen molar-refractivity contribution >= 4 is 34.9 Å². The van der Waals surface area contributed by atoms with Crippen molar-refractivity contribution in [2.24, 2.45) is 0 Å². The average Bonchev–Trinajstić information content (AvgIpc) is 2.78. The Kier molecular flexibility index (Phi) is 4.44. The van der Waals surface area contributed by atoms with Crippen molar-refractivity contribution < 1.29 is 4.74 Å². The Labute approximate surface area is 128 Å². The molecule has 5 heteroatoms. The van der Waals surface area contributed by atoms with Crippen LogP contribution in [0.4, 0.5) is 0 Å². The van der Waals surface area contributed by atoms with Crippen molar-refractivity contribution in [3.8, 4) is 0 Å². The van der Waals surface area contributed by atoms with E-state index < -0.39 is 0 Å². The van der Waals surface area contributed by atoms with Gasteiger partial charge in [-0.25, -0.2) is 0 Å². The van der Waals surface area contributed by atoms with E-state index in [1.807, 2.05) is 18.2 Å². The lowest BCUT2D eigenvalue weighted by Crippen LogP contribution is -2.19. The summed E-state index contributed by atoms with van der Waals surface area (Å²) in [5.41, 5.74) is 1.96. The van der Waals surface area contributed by atoms with Crippen LogP contribution < -0.4 is 0 Å². The van der Waals surface area contributed by atoms with Gasteiger partial charge in [0, 0.05) is 6.54 Å². The smallest absolute Gasteiger partial charge is 0.178 e. The Balaban J connectivity index is 1.69. The number of hydrogen-bond acceptors (Lipinski definition) is 2. The lowest BCUT2D eigenvalue weighted by atomic mass is 9.98. The summed E-state index contributed by atoms with van der Waals surface area (Å²) in [7, 11) is 0. The summed E-state index contributed by atoms with van der Waals surface area (Å²) in [5, 5.41) is 0.709. The second-order valence-electron chi connectivity index (χ2n) is 5.35. The van der Waals surface area contributed by atoms with Gasteiger partial charge in [-0.1, -0.05) is 36.9 Å². The van der Waals surface area contributed by atoms with E-state index in [9.17, 15) is 0 Å². The van der Waals surface area contributed by atoms with Gasteiger partial charge in [0.25, 0.3) is 0 Å². The third kappa shape index (κ3) is 2.92. The van der Waals surface area contributed by atoms with Gasteiger partial charge in [-0.05, 0) is 37.2 Å². The van der Waals surface area contributed by atoms with Crippen molar-refractivity contribution in [3.05, 3.63) is 28.0 Å². The lowest BCUT2D eigenvalue weighted by molar-refractivity contribution is 0.0243. The summed E-state index contributed by atoms with van der Waals surface area (Å²) >= 11 is 11.6. The van der Waals surface area contributed by atoms with Crippen LogP contribution in [0, 0.1) is 4.77 Å². The van der Waals surface area contributed by atoms with Crippen LogP contribution >= 0.6 is 23.8 Å². The molecule has 0 radical (unpaired) electrons. The SMILES string of the molecule is S=c1[nH]c2c(Cl)cccc2n1CCOC1CCCCC1. The highest BCUT2D eigenvalue weighted by atomic mass is 35.5. The third-order valence-corrected chi connectivity index (χ3v) is 4.62. The molecule has 3 nitrogen and oxygen atoms in total. The topological polar surface area (TPSA) is 29.9 Å². The van der Waals surface area contributed by atoms with E-state index in [0.717, 1.165) is 17.6 Å². The first-order chi connectivity index (χ1) is 9.75. The quantitative estimate of drug-likeness (QED) is 0.829. The summed E-state index contributed by atoms with van der Waals surface area (Å²) in [6, 6.07) is 5.86. The molecule has 0 atom stereocenters. The number of aromatic nitrogens is 2. The van der Waals surface area contributed by atoms with Gasteiger partial charge >= 0.3 is 0 Å². The third-order valence-electron chi connectivity index (χ3n) is 3.98. The fraction of sp³-hybridized carbons (Fsp3) is 0.533. The Bertz CT molecular complexity index is 643. The van der Waals surface area contributed by atoms with E-state index in [4.69, 9.17) is 28.6 Å². The fourth-order valence-electron chi connectivity index (χ4n) is 2.91. The van der Waals surface area contributed by atoms with Crippen molar-refractivity contribution in [2.75, 3.05) is 6.61 Å². The molecule has 108 valence electrons. The van der Waals surface area contributed by atoms with Crippen LogP contribution in [0.2, 0.25) is 5.02 Å².